The number of carbonyl (C=O) groups is 1. The van der Waals surface area contributed by atoms with Crippen molar-refractivity contribution in [1.82, 2.24) is 13.9 Å². The van der Waals surface area contributed by atoms with Gasteiger partial charge in [-0.3, -0.25) is 4.79 Å². The lowest BCUT2D eigenvalue weighted by atomic mass is 9.83. The predicted molar refractivity (Wildman–Crippen MR) is 118 cm³/mol. The lowest BCUT2D eigenvalue weighted by Crippen LogP contribution is -2.46. The molecule has 2 aliphatic rings. The van der Waals surface area contributed by atoms with Crippen molar-refractivity contribution in [2.75, 3.05) is 0 Å². The van der Waals surface area contributed by atoms with Gasteiger partial charge in [-0.2, -0.15) is 0 Å². The third-order valence-corrected chi connectivity index (χ3v) is 6.10. The molecule has 8 nitrogen and oxygen atoms in total. The van der Waals surface area contributed by atoms with Gasteiger partial charge in [0, 0.05) is 11.1 Å². The number of hydrogen-bond acceptors (Lipinski definition) is 4. The average Bonchev–Trinajstić information content (AvgIpc) is 3.03. The molecule has 32 heavy (non-hydrogen) atoms. The molecule has 2 aromatic carbocycles. The summed E-state index contributed by atoms with van der Waals surface area (Å²) in [6, 6.07) is 11.0. The summed E-state index contributed by atoms with van der Waals surface area (Å²) in [6.07, 6.45) is 1.93. The maximum atomic E-state index is 13.6. The van der Waals surface area contributed by atoms with Crippen LogP contribution in [0.15, 0.2) is 63.7 Å². The Hall–Kier alpha value is -4.12. The molecule has 0 saturated carbocycles. The van der Waals surface area contributed by atoms with Gasteiger partial charge in [0.1, 0.15) is 17.4 Å². The maximum absolute atomic E-state index is 13.6. The molecule has 5 rings (SSSR count). The van der Waals surface area contributed by atoms with E-state index in [0.29, 0.717) is 22.7 Å². The van der Waals surface area contributed by atoms with E-state index in [1.807, 2.05) is 19.9 Å². The first kappa shape index (κ1) is 19.8. The lowest BCUT2D eigenvalue weighted by molar-refractivity contribution is 0.101. The van der Waals surface area contributed by atoms with E-state index in [1.165, 1.54) is 16.3 Å². The van der Waals surface area contributed by atoms with Crippen LogP contribution in [-0.2, 0) is 6.54 Å². The van der Waals surface area contributed by atoms with Gasteiger partial charge in [0.15, 0.2) is 11.5 Å². The van der Waals surface area contributed by atoms with Crippen molar-refractivity contribution >= 4 is 11.5 Å². The van der Waals surface area contributed by atoms with Crippen molar-refractivity contribution < 1.29 is 9.53 Å². The van der Waals surface area contributed by atoms with Crippen LogP contribution in [0.5, 0.6) is 5.75 Å². The number of hydrogen-bond donors (Lipinski definition) is 0. The first-order valence-corrected chi connectivity index (χ1v) is 10.2. The highest BCUT2D eigenvalue weighted by molar-refractivity contribution is 5.94. The largest absolute Gasteiger partial charge is 0.484 e. The van der Waals surface area contributed by atoms with Crippen LogP contribution in [0.4, 0.5) is 5.69 Å². The highest BCUT2D eigenvalue weighted by Crippen LogP contribution is 2.47. The van der Waals surface area contributed by atoms with E-state index < -0.39 is 23.0 Å². The SMILES string of the molecule is [C-]#[N+]c1ccc2c(c1)OC(C)(C)C1=CCn3c(=O)n(-c4ccc(C(C)=O)cc4)c(=O)n3C12. The molecular formula is C24H20N4O4. The second-order valence-corrected chi connectivity index (χ2v) is 8.44. The first-order valence-electron chi connectivity index (χ1n) is 10.2. The van der Waals surface area contributed by atoms with Crippen molar-refractivity contribution in [1.29, 1.82) is 0 Å². The van der Waals surface area contributed by atoms with E-state index in [0.717, 1.165) is 15.7 Å². The van der Waals surface area contributed by atoms with Crippen molar-refractivity contribution in [2.24, 2.45) is 0 Å². The zero-order valence-electron chi connectivity index (χ0n) is 17.8. The van der Waals surface area contributed by atoms with Gasteiger partial charge in [0.2, 0.25) is 0 Å². The Kier molecular flexibility index (Phi) is 4.14. The molecule has 3 heterocycles. The Morgan fingerprint density at radius 3 is 2.50 bits per heavy atom. The minimum absolute atomic E-state index is 0.0922. The van der Waals surface area contributed by atoms with Gasteiger partial charge < -0.3 is 4.74 Å². The number of fused-ring (bicyclic) bond motifs is 5. The second kappa shape index (κ2) is 6.69. The smallest absolute Gasteiger partial charge is 0.352 e. The number of Topliss-reactive ketones (excluding diaryl/α,β-unsaturated/α-hetero) is 1. The quantitative estimate of drug-likeness (QED) is 0.357. The molecule has 0 radical (unpaired) electrons. The van der Waals surface area contributed by atoms with E-state index in [4.69, 9.17) is 11.3 Å². The normalized spacial score (nSPS) is 17.8. The molecule has 0 saturated heterocycles. The number of ketones is 1. The van der Waals surface area contributed by atoms with Gasteiger partial charge >= 0.3 is 11.4 Å². The fourth-order valence-electron chi connectivity index (χ4n) is 4.52. The molecule has 0 spiro atoms. The maximum Gasteiger partial charge on any atom is 0.352 e. The summed E-state index contributed by atoms with van der Waals surface area (Å²) in [5, 5.41) is 0. The summed E-state index contributed by atoms with van der Waals surface area (Å²) in [6.45, 7) is 12.8. The zero-order chi connectivity index (χ0) is 22.8. The van der Waals surface area contributed by atoms with E-state index >= 15 is 0 Å². The Morgan fingerprint density at radius 1 is 1.12 bits per heavy atom. The van der Waals surface area contributed by atoms with Gasteiger partial charge in [0.05, 0.1) is 18.8 Å². The highest BCUT2D eigenvalue weighted by atomic mass is 16.5. The summed E-state index contributed by atoms with van der Waals surface area (Å²) in [7, 11) is 0. The van der Waals surface area contributed by atoms with Crippen LogP contribution >= 0.6 is 0 Å². The van der Waals surface area contributed by atoms with Crippen molar-refractivity contribution in [3.63, 3.8) is 0 Å². The first-order chi connectivity index (χ1) is 15.2. The van der Waals surface area contributed by atoms with Crippen LogP contribution in [-0.4, -0.2) is 25.3 Å². The molecule has 160 valence electrons. The standard InChI is InChI=1S/C24H20N4O4/c1-14(29)15-5-8-17(9-6-15)27-22(30)26-12-11-19-21(28(26)23(27)31)18-10-7-16(25-4)13-20(18)32-24(19,2)3/h5-11,13,21H,12H2,1-3H3. The number of allylic oxidation sites excluding steroid dienone is 1. The summed E-state index contributed by atoms with van der Waals surface area (Å²) >= 11 is 0. The average molecular weight is 428 g/mol. The number of benzene rings is 2. The molecular weight excluding hydrogens is 408 g/mol. The monoisotopic (exact) mass is 428 g/mol. The van der Waals surface area contributed by atoms with Crippen molar-refractivity contribution in [2.45, 2.75) is 39.0 Å². The lowest BCUT2D eigenvalue weighted by Gasteiger charge is -2.42. The van der Waals surface area contributed by atoms with Crippen LogP contribution in [0.2, 0.25) is 0 Å². The van der Waals surface area contributed by atoms with Crippen LogP contribution in [0, 0.1) is 6.57 Å². The number of rotatable bonds is 2. The molecule has 0 N–H and O–H groups in total. The summed E-state index contributed by atoms with van der Waals surface area (Å²) in [5.41, 5.74) is 1.31. The molecule has 1 atom stereocenters. The molecule has 1 aromatic heterocycles. The molecule has 0 bridgehead atoms. The van der Waals surface area contributed by atoms with Gasteiger partial charge in [-0.15, -0.1) is 0 Å². The minimum atomic E-state index is -0.718. The zero-order valence-corrected chi connectivity index (χ0v) is 17.8. The number of ether oxygens (including phenoxy) is 1. The van der Waals surface area contributed by atoms with Crippen LogP contribution in [0.1, 0.15) is 42.7 Å². The fourth-order valence-corrected chi connectivity index (χ4v) is 4.52. The van der Waals surface area contributed by atoms with Crippen LogP contribution in [0.3, 0.4) is 0 Å². The van der Waals surface area contributed by atoms with E-state index in [-0.39, 0.29) is 12.3 Å². The molecule has 0 aliphatic carbocycles. The summed E-state index contributed by atoms with van der Waals surface area (Å²) in [4.78, 5) is 41.9. The molecule has 8 heteroatoms. The van der Waals surface area contributed by atoms with Crippen LogP contribution in [0.25, 0.3) is 10.5 Å². The Balaban J connectivity index is 1.74. The minimum Gasteiger partial charge on any atom is -0.484 e. The van der Waals surface area contributed by atoms with Gasteiger partial charge in [0.25, 0.3) is 0 Å². The van der Waals surface area contributed by atoms with Gasteiger partial charge in [-0.1, -0.05) is 18.2 Å². The third kappa shape index (κ3) is 2.71. The van der Waals surface area contributed by atoms with Gasteiger partial charge in [-0.05, 0) is 56.7 Å². The molecule has 2 aliphatic heterocycles. The summed E-state index contributed by atoms with van der Waals surface area (Å²) < 4.78 is 10.2. The Bertz CT molecular complexity index is 1480. The summed E-state index contributed by atoms with van der Waals surface area (Å²) in [5.74, 6) is 0.433. The molecule has 1 unspecified atom stereocenters. The van der Waals surface area contributed by atoms with E-state index in [1.54, 1.807) is 42.5 Å². The fraction of sp³-hybridized carbons (Fsp3) is 0.250. The predicted octanol–water partition coefficient (Wildman–Crippen LogP) is 3.25. The van der Waals surface area contributed by atoms with Crippen molar-refractivity contribution in [3.05, 3.63) is 97.6 Å². The van der Waals surface area contributed by atoms with Gasteiger partial charge in [-0.25, -0.2) is 28.4 Å². The third-order valence-electron chi connectivity index (χ3n) is 6.10. The molecule has 3 aromatic rings. The highest BCUT2D eigenvalue weighted by Gasteiger charge is 2.43. The number of carbonyl (C=O) groups excluding carboxylic acids is 1. The molecule has 0 fully saturated rings. The van der Waals surface area contributed by atoms with E-state index in [9.17, 15) is 14.4 Å². The Labute approximate surface area is 183 Å². The van der Waals surface area contributed by atoms with E-state index in [2.05, 4.69) is 4.85 Å². The second-order valence-electron chi connectivity index (χ2n) is 8.44. The van der Waals surface area contributed by atoms with Crippen molar-refractivity contribution in [3.8, 4) is 11.4 Å². The number of nitrogens with zero attached hydrogens (tertiary/aromatic N) is 4. The molecule has 0 amide bonds. The Morgan fingerprint density at radius 2 is 1.84 bits per heavy atom. The van der Waals surface area contributed by atoms with Crippen LogP contribution < -0.4 is 16.1 Å². The number of aromatic nitrogens is 3. The topological polar surface area (TPSA) is 79.6 Å².